The van der Waals surface area contributed by atoms with Crippen LogP contribution in [0.25, 0.3) is 111 Å². The molecule has 0 atom stereocenters. The zero-order valence-corrected chi connectivity index (χ0v) is 41.7. The largest absolute Gasteiger partial charge is 0.416 e. The van der Waals surface area contributed by atoms with Gasteiger partial charge in [0.05, 0.1) is 44.6 Å². The van der Waals surface area contributed by atoms with E-state index in [1.807, 2.05) is 134 Å². The summed E-state index contributed by atoms with van der Waals surface area (Å²) in [6.45, 7) is 8.10. The Morgan fingerprint density at radius 1 is 0.303 bits per heavy atom. The third-order valence-electron chi connectivity index (χ3n) is 14.7. The van der Waals surface area contributed by atoms with Gasteiger partial charge in [-0.3, -0.25) is 0 Å². The van der Waals surface area contributed by atoms with Crippen LogP contribution in [0.2, 0.25) is 0 Å². The van der Waals surface area contributed by atoms with Gasteiger partial charge in [-0.1, -0.05) is 144 Å². The topological polar surface area (TPSA) is 33.6 Å². The fourth-order valence-electron chi connectivity index (χ4n) is 10.6. The van der Waals surface area contributed by atoms with Gasteiger partial charge in [0.1, 0.15) is 11.6 Å². The molecule has 0 N–H and O–H groups in total. The van der Waals surface area contributed by atoms with Crippen molar-refractivity contribution in [1.29, 1.82) is 5.26 Å². The van der Waals surface area contributed by atoms with E-state index in [0.29, 0.717) is 22.1 Å². The van der Waals surface area contributed by atoms with Crippen LogP contribution >= 0.6 is 0 Å². The zero-order valence-electron chi connectivity index (χ0n) is 41.7. The summed E-state index contributed by atoms with van der Waals surface area (Å²) in [4.78, 5) is 0. The predicted octanol–water partition coefficient (Wildman–Crippen LogP) is 19.4. The Morgan fingerprint density at radius 3 is 0.803 bits per heavy atom. The minimum Gasteiger partial charge on any atom is -0.308 e. The van der Waals surface area contributed by atoms with Gasteiger partial charge in [0.2, 0.25) is 0 Å². The molecule has 12 rings (SSSR count). The number of halogens is 6. The van der Waals surface area contributed by atoms with Gasteiger partial charge in [-0.2, -0.15) is 31.6 Å². The molecule has 0 saturated heterocycles. The van der Waals surface area contributed by atoms with E-state index in [1.165, 1.54) is 0 Å². The highest BCUT2D eigenvalue weighted by Gasteiger charge is 2.37. The van der Waals surface area contributed by atoms with Gasteiger partial charge < -0.3 is 9.13 Å². The van der Waals surface area contributed by atoms with Crippen molar-refractivity contribution in [3.8, 4) is 73.1 Å². The summed E-state index contributed by atoms with van der Waals surface area (Å²) in [5.74, 6) is 0. The first-order valence-corrected chi connectivity index (χ1v) is 24.8. The van der Waals surface area contributed by atoms with Crippen molar-refractivity contribution >= 4 is 43.6 Å². The highest BCUT2D eigenvalue weighted by molar-refractivity contribution is 6.14. The standard InChI is InChI=1S/C67H45F6N3/c1-39-5-13-43(14-6-39)47-21-25-60-55(31-47)56-32-48(44-15-7-40(2)8-16-44)22-26-61(56)75(60)64-35-52(51-29-53(66(68,69)70)37-54(30-51)67(71,72)73)36-65(59(64)38-74)76-62-27-23-49(45-17-9-41(3)10-18-45)33-57(62)58-34-50(24-28-63(58)76)46-19-11-42(4)12-20-46/h5-37H,1-4H3. The molecule has 0 spiro atoms. The van der Waals surface area contributed by atoms with Crippen molar-refractivity contribution in [2.75, 3.05) is 0 Å². The van der Waals surface area contributed by atoms with Crippen LogP contribution in [-0.2, 0) is 12.4 Å². The minimum absolute atomic E-state index is 0.0469. The highest BCUT2D eigenvalue weighted by Crippen LogP contribution is 2.45. The number of hydrogen-bond donors (Lipinski definition) is 0. The van der Waals surface area contributed by atoms with Crippen LogP contribution in [0, 0.1) is 39.0 Å². The van der Waals surface area contributed by atoms with Crippen molar-refractivity contribution in [2.45, 2.75) is 40.0 Å². The summed E-state index contributed by atoms with van der Waals surface area (Å²) in [5, 5.41) is 15.1. The number of fused-ring (bicyclic) bond motifs is 6. The fourth-order valence-corrected chi connectivity index (χ4v) is 10.6. The Morgan fingerprint density at radius 2 is 0.553 bits per heavy atom. The first-order valence-electron chi connectivity index (χ1n) is 24.8. The lowest BCUT2D eigenvalue weighted by molar-refractivity contribution is -0.143. The quantitative estimate of drug-likeness (QED) is 0.147. The summed E-state index contributed by atoms with van der Waals surface area (Å²) >= 11 is 0. The number of aromatic nitrogens is 2. The Hall–Kier alpha value is -9.13. The molecule has 0 saturated carbocycles. The summed E-state index contributed by atoms with van der Waals surface area (Å²) in [6, 6.07) is 64.3. The molecule has 12 aromatic rings. The van der Waals surface area contributed by atoms with E-state index in [0.717, 1.165) is 100 Å². The van der Waals surface area contributed by atoms with Gasteiger partial charge in [-0.25, -0.2) is 0 Å². The van der Waals surface area contributed by atoms with E-state index in [9.17, 15) is 31.6 Å². The lowest BCUT2D eigenvalue weighted by Gasteiger charge is -2.20. The molecular formula is C67H45F6N3. The molecule has 2 aromatic heterocycles. The lowest BCUT2D eigenvalue weighted by Crippen LogP contribution is -2.11. The van der Waals surface area contributed by atoms with Gasteiger partial charge in [0, 0.05) is 21.5 Å². The molecule has 0 amide bonds. The molecule has 0 aliphatic rings. The van der Waals surface area contributed by atoms with Gasteiger partial charge in [-0.05, 0) is 162 Å². The summed E-state index contributed by atoms with van der Waals surface area (Å²) in [6.07, 6.45) is -10.2. The van der Waals surface area contributed by atoms with Crippen molar-refractivity contribution in [1.82, 2.24) is 9.13 Å². The second kappa shape index (κ2) is 18.1. The number of nitriles is 1. The first kappa shape index (κ1) is 47.8. The number of nitrogens with zero attached hydrogens (tertiary/aromatic N) is 3. The third kappa shape index (κ3) is 8.46. The lowest BCUT2D eigenvalue weighted by atomic mass is 9.96. The Bertz CT molecular complexity index is 3850. The maximum absolute atomic E-state index is 14.8. The molecule has 0 unspecified atom stereocenters. The van der Waals surface area contributed by atoms with Crippen LogP contribution in [0.3, 0.4) is 0 Å². The maximum atomic E-state index is 14.8. The molecule has 76 heavy (non-hydrogen) atoms. The SMILES string of the molecule is Cc1ccc(-c2ccc3c(c2)c2cc(-c4ccc(C)cc4)ccc2n3-c2cc(-c3cc(C(F)(F)F)cc(C(F)(F)F)c3)cc(-n3c4ccc(-c5ccc(C)cc5)cc4c4cc(-c5ccc(C)cc5)ccc43)c2C#N)cc1. The van der Waals surface area contributed by atoms with Crippen LogP contribution in [0.1, 0.15) is 38.9 Å². The second-order valence-corrected chi connectivity index (χ2v) is 19.9. The molecule has 10 aromatic carbocycles. The number of alkyl halides is 6. The van der Waals surface area contributed by atoms with Gasteiger partial charge in [0.25, 0.3) is 0 Å². The van der Waals surface area contributed by atoms with E-state index in [4.69, 9.17) is 0 Å². The summed E-state index contributed by atoms with van der Waals surface area (Å²) < 4.78 is 92.4. The summed E-state index contributed by atoms with van der Waals surface area (Å²) in [7, 11) is 0. The molecular weight excluding hydrogens is 961 g/mol. The average Bonchev–Trinajstić information content (AvgIpc) is 3.98. The molecule has 370 valence electrons. The van der Waals surface area contributed by atoms with E-state index in [-0.39, 0.29) is 34.1 Å². The molecule has 0 bridgehead atoms. The molecule has 3 nitrogen and oxygen atoms in total. The Labute approximate surface area is 434 Å². The van der Waals surface area contributed by atoms with E-state index in [2.05, 4.69) is 78.9 Å². The van der Waals surface area contributed by atoms with Crippen LogP contribution in [0.4, 0.5) is 26.3 Å². The molecule has 0 fully saturated rings. The smallest absolute Gasteiger partial charge is 0.308 e. The molecule has 0 aliphatic carbocycles. The Balaban J connectivity index is 1.20. The van der Waals surface area contributed by atoms with Crippen LogP contribution in [-0.4, -0.2) is 9.13 Å². The molecule has 9 heteroatoms. The van der Waals surface area contributed by atoms with Gasteiger partial charge in [0.15, 0.2) is 0 Å². The van der Waals surface area contributed by atoms with E-state index < -0.39 is 23.5 Å². The van der Waals surface area contributed by atoms with Gasteiger partial charge >= 0.3 is 12.4 Å². The zero-order chi connectivity index (χ0) is 52.8. The fraction of sp³-hybridized carbons (Fsp3) is 0.0896. The van der Waals surface area contributed by atoms with Crippen molar-refractivity contribution in [2.24, 2.45) is 0 Å². The number of hydrogen-bond acceptors (Lipinski definition) is 1. The summed E-state index contributed by atoms with van der Waals surface area (Å²) in [5.41, 5.74) is 12.4. The van der Waals surface area contributed by atoms with Crippen LogP contribution in [0.5, 0.6) is 0 Å². The van der Waals surface area contributed by atoms with Crippen molar-refractivity contribution in [3.05, 3.63) is 239 Å². The van der Waals surface area contributed by atoms with Crippen molar-refractivity contribution in [3.63, 3.8) is 0 Å². The first-order chi connectivity index (χ1) is 36.5. The normalized spacial score (nSPS) is 12.1. The second-order valence-electron chi connectivity index (χ2n) is 19.9. The predicted molar refractivity (Wildman–Crippen MR) is 296 cm³/mol. The third-order valence-corrected chi connectivity index (χ3v) is 14.7. The number of benzene rings is 10. The molecule has 0 aliphatic heterocycles. The number of aryl methyl sites for hydroxylation is 4. The Kier molecular flexibility index (Phi) is 11.4. The monoisotopic (exact) mass is 1010 g/mol. The van der Waals surface area contributed by atoms with Crippen molar-refractivity contribution < 1.29 is 26.3 Å². The van der Waals surface area contributed by atoms with E-state index in [1.54, 1.807) is 12.1 Å². The van der Waals surface area contributed by atoms with Gasteiger partial charge in [-0.15, -0.1) is 0 Å². The molecule has 2 heterocycles. The minimum atomic E-state index is -5.11. The molecule has 0 radical (unpaired) electrons. The average molecular weight is 1010 g/mol. The maximum Gasteiger partial charge on any atom is 0.416 e. The van der Waals surface area contributed by atoms with Crippen LogP contribution < -0.4 is 0 Å². The highest BCUT2D eigenvalue weighted by atomic mass is 19.4. The van der Waals surface area contributed by atoms with Crippen LogP contribution in [0.15, 0.2) is 200 Å². The van der Waals surface area contributed by atoms with E-state index >= 15 is 0 Å². The number of rotatable bonds is 7.